The lowest BCUT2D eigenvalue weighted by atomic mass is 10.1. The first-order valence-corrected chi connectivity index (χ1v) is 4.87. The molecule has 0 bridgehead atoms. The maximum Gasteiger partial charge on any atom is 0.246 e. The maximum absolute atomic E-state index is 4.15. The number of aromatic nitrogens is 4. The van der Waals surface area contributed by atoms with Gasteiger partial charge in [-0.05, 0) is 26.8 Å². The third kappa shape index (κ3) is 2.03. The van der Waals surface area contributed by atoms with E-state index in [1.54, 1.807) is 23.0 Å². The van der Waals surface area contributed by atoms with Gasteiger partial charge in [0.2, 0.25) is 12.3 Å². The zero-order chi connectivity index (χ0) is 10.9. The van der Waals surface area contributed by atoms with E-state index in [1.807, 2.05) is 17.0 Å². The Balaban J connectivity index is 2.37. The Morgan fingerprint density at radius 1 is 1.27 bits per heavy atom. The summed E-state index contributed by atoms with van der Waals surface area (Å²) in [5.74, 6) is 0.639. The molecule has 0 aromatic carbocycles. The van der Waals surface area contributed by atoms with E-state index < -0.39 is 0 Å². The van der Waals surface area contributed by atoms with Crippen molar-refractivity contribution in [1.82, 2.24) is 14.5 Å². The van der Waals surface area contributed by atoms with Gasteiger partial charge in [-0.2, -0.15) is 0 Å². The van der Waals surface area contributed by atoms with E-state index in [0.717, 1.165) is 0 Å². The Labute approximate surface area is 89.2 Å². The van der Waals surface area contributed by atoms with Gasteiger partial charge in [0, 0.05) is 24.8 Å². The van der Waals surface area contributed by atoms with Crippen molar-refractivity contribution in [3.63, 3.8) is 0 Å². The van der Waals surface area contributed by atoms with E-state index in [0.29, 0.717) is 5.95 Å². The predicted molar refractivity (Wildman–Crippen MR) is 55.4 cm³/mol. The summed E-state index contributed by atoms with van der Waals surface area (Å²) in [7, 11) is 0. The van der Waals surface area contributed by atoms with Gasteiger partial charge in [-0.15, -0.1) is 0 Å². The molecule has 2 aromatic heterocycles. The van der Waals surface area contributed by atoms with Crippen molar-refractivity contribution in [3.05, 3.63) is 37.2 Å². The summed E-state index contributed by atoms with van der Waals surface area (Å²) in [4.78, 5) is 8.30. The van der Waals surface area contributed by atoms with Crippen LogP contribution in [0, 0.1) is 6.33 Å². The highest BCUT2D eigenvalue weighted by Gasteiger charge is 2.15. The lowest BCUT2D eigenvalue weighted by Crippen LogP contribution is -2.48. The maximum atomic E-state index is 4.15. The molecule has 2 rings (SSSR count). The highest BCUT2D eigenvalue weighted by Crippen LogP contribution is 2.04. The average Bonchev–Trinajstić information content (AvgIpc) is 2.67. The first-order chi connectivity index (χ1) is 7.07. The first kappa shape index (κ1) is 9.83. The molecule has 78 valence electrons. The lowest BCUT2D eigenvalue weighted by molar-refractivity contribution is -0.757. The molecular weight excluding hydrogens is 188 g/mol. The zero-order valence-electron chi connectivity index (χ0n) is 9.18. The highest BCUT2D eigenvalue weighted by molar-refractivity contribution is 5.07. The number of hydrogen-bond donors (Lipinski definition) is 0. The molecule has 0 unspecified atom stereocenters. The molecule has 0 fully saturated rings. The van der Waals surface area contributed by atoms with Crippen molar-refractivity contribution in [2.75, 3.05) is 0 Å². The van der Waals surface area contributed by atoms with Crippen LogP contribution in [0.15, 0.2) is 30.9 Å². The normalized spacial score (nSPS) is 11.7. The van der Waals surface area contributed by atoms with Crippen LogP contribution in [0.5, 0.6) is 0 Å². The fourth-order valence-electron chi connectivity index (χ4n) is 1.22. The molecule has 0 amide bonds. The van der Waals surface area contributed by atoms with E-state index in [4.69, 9.17) is 0 Å². The van der Waals surface area contributed by atoms with E-state index in [-0.39, 0.29) is 5.54 Å². The Kier molecular flexibility index (Phi) is 2.26. The number of imidazole rings is 1. The van der Waals surface area contributed by atoms with Crippen LogP contribution in [-0.4, -0.2) is 14.5 Å². The SMILES string of the molecule is CC(C)(C)[n+]1[c-]n(-c2ncccn2)cc1. The first-order valence-electron chi connectivity index (χ1n) is 4.87. The van der Waals surface area contributed by atoms with E-state index in [2.05, 4.69) is 37.1 Å². The van der Waals surface area contributed by atoms with Crippen molar-refractivity contribution >= 4 is 0 Å². The molecule has 0 atom stereocenters. The molecule has 0 radical (unpaired) electrons. The molecule has 2 aromatic rings. The van der Waals surface area contributed by atoms with Crippen molar-refractivity contribution in [2.45, 2.75) is 26.3 Å². The van der Waals surface area contributed by atoms with Gasteiger partial charge < -0.3 is 4.57 Å². The molecule has 4 nitrogen and oxygen atoms in total. The number of nitrogens with zero attached hydrogens (tertiary/aromatic N) is 4. The quantitative estimate of drug-likeness (QED) is 0.513. The standard InChI is InChI=1S/C11H14N4/c1-11(2,3)15-8-7-14(9-15)10-12-5-4-6-13-10/h4-8H,1-3H3. The predicted octanol–water partition coefficient (Wildman–Crippen LogP) is 1.11. The van der Waals surface area contributed by atoms with Gasteiger partial charge >= 0.3 is 0 Å². The molecule has 0 saturated carbocycles. The highest BCUT2D eigenvalue weighted by atomic mass is 15.2. The molecular formula is C11H14N4. The van der Waals surface area contributed by atoms with Crippen LogP contribution >= 0.6 is 0 Å². The second-order valence-corrected chi connectivity index (χ2v) is 4.36. The molecule has 0 aliphatic rings. The molecule has 0 saturated heterocycles. The van der Waals surface area contributed by atoms with Crippen LogP contribution < -0.4 is 4.57 Å². The van der Waals surface area contributed by atoms with Crippen LogP contribution in [0.4, 0.5) is 0 Å². The van der Waals surface area contributed by atoms with Crippen molar-refractivity contribution in [1.29, 1.82) is 0 Å². The minimum Gasteiger partial charge on any atom is -0.315 e. The smallest absolute Gasteiger partial charge is 0.246 e. The van der Waals surface area contributed by atoms with Gasteiger partial charge in [-0.25, -0.2) is 9.97 Å². The zero-order valence-corrected chi connectivity index (χ0v) is 9.18. The minimum absolute atomic E-state index is 0.0278. The summed E-state index contributed by atoms with van der Waals surface area (Å²) in [5, 5.41) is 0. The summed E-state index contributed by atoms with van der Waals surface area (Å²) < 4.78 is 3.79. The number of rotatable bonds is 1. The van der Waals surface area contributed by atoms with Crippen LogP contribution in [0.1, 0.15) is 20.8 Å². The summed E-state index contributed by atoms with van der Waals surface area (Å²) in [6.07, 6.45) is 10.5. The van der Waals surface area contributed by atoms with Gasteiger partial charge in [-0.3, -0.25) is 4.57 Å². The Hall–Kier alpha value is -1.71. The summed E-state index contributed by atoms with van der Waals surface area (Å²) in [5.41, 5.74) is 0.0278. The van der Waals surface area contributed by atoms with E-state index in [1.165, 1.54) is 0 Å². The van der Waals surface area contributed by atoms with Gasteiger partial charge in [0.05, 0.1) is 5.54 Å². The van der Waals surface area contributed by atoms with Gasteiger partial charge in [-0.1, -0.05) is 0 Å². The van der Waals surface area contributed by atoms with E-state index in [9.17, 15) is 0 Å². The van der Waals surface area contributed by atoms with Crippen LogP contribution in [-0.2, 0) is 5.54 Å². The Bertz CT molecular complexity index is 439. The lowest BCUT2D eigenvalue weighted by Gasteiger charge is -2.16. The van der Waals surface area contributed by atoms with E-state index >= 15 is 0 Å². The largest absolute Gasteiger partial charge is 0.315 e. The molecule has 4 heteroatoms. The van der Waals surface area contributed by atoms with Gasteiger partial charge in [0.25, 0.3) is 0 Å². The third-order valence-electron chi connectivity index (χ3n) is 2.07. The monoisotopic (exact) mass is 202 g/mol. The molecule has 0 aliphatic carbocycles. The van der Waals surface area contributed by atoms with Crippen LogP contribution in [0.3, 0.4) is 0 Å². The molecule has 2 heterocycles. The fourth-order valence-corrected chi connectivity index (χ4v) is 1.22. The van der Waals surface area contributed by atoms with Crippen molar-refractivity contribution < 1.29 is 4.57 Å². The summed E-state index contributed by atoms with van der Waals surface area (Å²) in [6.45, 7) is 6.37. The molecule has 15 heavy (non-hydrogen) atoms. The Morgan fingerprint density at radius 3 is 2.47 bits per heavy atom. The van der Waals surface area contributed by atoms with Gasteiger partial charge in [0.15, 0.2) is 0 Å². The van der Waals surface area contributed by atoms with Crippen LogP contribution in [0.2, 0.25) is 0 Å². The topological polar surface area (TPSA) is 34.6 Å². The number of hydrogen-bond acceptors (Lipinski definition) is 2. The van der Waals surface area contributed by atoms with Crippen molar-refractivity contribution in [3.8, 4) is 5.95 Å². The summed E-state index contributed by atoms with van der Waals surface area (Å²) in [6, 6.07) is 1.80. The molecule has 0 N–H and O–H groups in total. The Morgan fingerprint density at radius 2 is 1.93 bits per heavy atom. The van der Waals surface area contributed by atoms with Gasteiger partial charge in [0.1, 0.15) is 0 Å². The van der Waals surface area contributed by atoms with Crippen LogP contribution in [0.25, 0.3) is 5.95 Å². The minimum atomic E-state index is 0.0278. The van der Waals surface area contributed by atoms with Crippen molar-refractivity contribution in [2.24, 2.45) is 0 Å². The molecule has 0 aliphatic heterocycles. The summed E-state index contributed by atoms with van der Waals surface area (Å²) >= 11 is 0. The second kappa shape index (κ2) is 3.46. The fraction of sp³-hybridized carbons (Fsp3) is 0.364. The third-order valence-corrected chi connectivity index (χ3v) is 2.07. The second-order valence-electron chi connectivity index (χ2n) is 4.36. The molecule has 0 spiro atoms. The average molecular weight is 202 g/mol.